The van der Waals surface area contributed by atoms with Crippen LogP contribution < -0.4 is 11.1 Å². The van der Waals surface area contributed by atoms with E-state index in [9.17, 15) is 9.50 Å². The summed E-state index contributed by atoms with van der Waals surface area (Å²) in [6.45, 7) is 7.59. The summed E-state index contributed by atoms with van der Waals surface area (Å²) in [6.07, 6.45) is 1.13. The molecule has 0 rings (SSSR count). The minimum Gasteiger partial charge on any atom is -0.403 e. The van der Waals surface area contributed by atoms with Gasteiger partial charge in [-0.25, -0.2) is 0 Å². The molecule has 94 valence electrons. The van der Waals surface area contributed by atoms with E-state index >= 15 is 0 Å². The van der Waals surface area contributed by atoms with Gasteiger partial charge < -0.3 is 16.2 Å². The maximum absolute atomic E-state index is 13.1. The van der Waals surface area contributed by atoms with Crippen LogP contribution in [0.2, 0.25) is 0 Å². The molecule has 0 saturated carbocycles. The second kappa shape index (κ2) is 5.30. The number of hydrogen-bond acceptors (Lipinski definition) is 4. The van der Waals surface area contributed by atoms with Gasteiger partial charge in [0.25, 0.3) is 0 Å². The summed E-state index contributed by atoms with van der Waals surface area (Å²) in [5, 5.41) is 12.7. The predicted octanol–water partition coefficient (Wildman–Crippen LogP) is 1.17. The third kappa shape index (κ3) is 3.81. The molecule has 0 atom stereocenters. The highest BCUT2D eigenvalue weighted by molar-refractivity contribution is 5.91. The zero-order valence-corrected chi connectivity index (χ0v) is 10.6. The van der Waals surface area contributed by atoms with E-state index in [1.54, 1.807) is 13.8 Å². The highest BCUT2D eigenvalue weighted by Crippen LogP contribution is 2.29. The maximum Gasteiger partial charge on any atom is 0.232 e. The van der Waals surface area contributed by atoms with E-state index in [1.807, 2.05) is 13.8 Å². The first kappa shape index (κ1) is 14.9. The van der Waals surface area contributed by atoms with E-state index in [-0.39, 0.29) is 5.70 Å². The fourth-order valence-electron chi connectivity index (χ4n) is 0.854. The van der Waals surface area contributed by atoms with Gasteiger partial charge in [0.2, 0.25) is 5.97 Å². The molecule has 0 aliphatic rings. The maximum atomic E-state index is 13.1. The smallest absolute Gasteiger partial charge is 0.232 e. The van der Waals surface area contributed by atoms with Gasteiger partial charge in [0, 0.05) is 25.2 Å². The van der Waals surface area contributed by atoms with E-state index in [4.69, 9.17) is 5.73 Å². The molecule has 5 heteroatoms. The first-order valence-electron chi connectivity index (χ1n) is 5.16. The molecule has 0 aliphatic carbocycles. The van der Waals surface area contributed by atoms with Crippen LogP contribution in [-0.4, -0.2) is 30.3 Å². The molecular weight excluding hydrogens is 209 g/mol. The largest absolute Gasteiger partial charge is 0.403 e. The Kier molecular flexibility index (Phi) is 4.93. The molecule has 0 amide bonds. The minimum atomic E-state index is -0.875. The standard InChI is InChI=1S/C11H22FN3O/c1-10(2,11(3,4)16)7-15-8(6-13)9(12)14-5/h6,15-16H,7,13H2,1-5H3/b8-6+,14-9?. The van der Waals surface area contributed by atoms with Gasteiger partial charge in [-0.2, -0.15) is 4.39 Å². The van der Waals surface area contributed by atoms with Crippen molar-refractivity contribution in [1.29, 1.82) is 0 Å². The number of aliphatic imine (C=N–C) groups is 1. The van der Waals surface area contributed by atoms with E-state index in [1.165, 1.54) is 7.05 Å². The number of nitrogens with zero attached hydrogens (tertiary/aromatic N) is 1. The zero-order chi connectivity index (χ0) is 13.0. The van der Waals surface area contributed by atoms with Crippen LogP contribution in [-0.2, 0) is 0 Å². The van der Waals surface area contributed by atoms with Crippen molar-refractivity contribution in [3.8, 4) is 0 Å². The number of halogens is 1. The van der Waals surface area contributed by atoms with Crippen molar-refractivity contribution >= 4 is 5.97 Å². The van der Waals surface area contributed by atoms with Crippen LogP contribution in [0.5, 0.6) is 0 Å². The Morgan fingerprint density at radius 2 is 1.94 bits per heavy atom. The Labute approximate surface area is 96.4 Å². The number of hydrogen-bond donors (Lipinski definition) is 3. The summed E-state index contributed by atoms with van der Waals surface area (Å²) in [4.78, 5) is 3.40. The summed E-state index contributed by atoms with van der Waals surface area (Å²) in [5.74, 6) is -0.644. The molecule has 0 aromatic heterocycles. The number of nitrogens with two attached hydrogens (primary N) is 1. The first-order valence-corrected chi connectivity index (χ1v) is 5.16. The van der Waals surface area contributed by atoms with Crippen molar-refractivity contribution in [3.05, 3.63) is 11.9 Å². The fraction of sp³-hybridized carbons (Fsp3) is 0.727. The molecule has 0 aromatic carbocycles. The Morgan fingerprint density at radius 1 is 1.44 bits per heavy atom. The monoisotopic (exact) mass is 231 g/mol. The van der Waals surface area contributed by atoms with Crippen LogP contribution in [0.4, 0.5) is 4.39 Å². The highest BCUT2D eigenvalue weighted by atomic mass is 19.1. The molecule has 0 fully saturated rings. The SMILES string of the molecule is CN=C(F)/C(=C\N)NCC(C)(C)C(C)(C)O. The Morgan fingerprint density at radius 3 is 2.25 bits per heavy atom. The number of rotatable bonds is 5. The van der Waals surface area contributed by atoms with Crippen LogP contribution in [0.1, 0.15) is 27.7 Å². The van der Waals surface area contributed by atoms with Gasteiger partial charge in [0.05, 0.1) is 5.60 Å². The van der Waals surface area contributed by atoms with Gasteiger partial charge in [-0.1, -0.05) is 13.8 Å². The van der Waals surface area contributed by atoms with Gasteiger partial charge >= 0.3 is 0 Å². The zero-order valence-electron chi connectivity index (χ0n) is 10.6. The molecule has 0 radical (unpaired) electrons. The quantitative estimate of drug-likeness (QED) is 0.622. The van der Waals surface area contributed by atoms with Crippen molar-refractivity contribution < 1.29 is 9.50 Å². The summed E-state index contributed by atoms with van der Waals surface area (Å²) >= 11 is 0. The lowest BCUT2D eigenvalue weighted by molar-refractivity contribution is -0.0324. The van der Waals surface area contributed by atoms with E-state index in [2.05, 4.69) is 10.3 Å². The summed E-state index contributed by atoms with van der Waals surface area (Å²) in [5.41, 5.74) is 4.12. The minimum absolute atomic E-state index is 0.139. The molecule has 0 saturated heterocycles. The third-order valence-electron chi connectivity index (χ3n) is 2.96. The molecule has 0 aromatic rings. The average Bonchev–Trinajstić information content (AvgIpc) is 2.16. The number of allylic oxidation sites excluding steroid dienone is 1. The van der Waals surface area contributed by atoms with Gasteiger partial charge in [-0.3, -0.25) is 4.99 Å². The Balaban J connectivity index is 4.57. The molecule has 16 heavy (non-hydrogen) atoms. The fourth-order valence-corrected chi connectivity index (χ4v) is 0.854. The van der Waals surface area contributed by atoms with Gasteiger partial charge in [-0.15, -0.1) is 0 Å². The molecular formula is C11H22FN3O. The second-order valence-electron chi connectivity index (χ2n) is 4.89. The van der Waals surface area contributed by atoms with Crippen molar-refractivity contribution in [2.45, 2.75) is 33.3 Å². The molecule has 0 aliphatic heterocycles. The topological polar surface area (TPSA) is 70.6 Å². The second-order valence-corrected chi connectivity index (χ2v) is 4.89. The van der Waals surface area contributed by atoms with Crippen LogP contribution in [0.3, 0.4) is 0 Å². The lowest BCUT2D eigenvalue weighted by Crippen LogP contribution is -2.46. The van der Waals surface area contributed by atoms with Crippen LogP contribution in [0.15, 0.2) is 16.9 Å². The lowest BCUT2D eigenvalue weighted by atomic mass is 9.77. The molecule has 0 heterocycles. The van der Waals surface area contributed by atoms with Gasteiger partial charge in [0.1, 0.15) is 5.70 Å². The average molecular weight is 231 g/mol. The summed E-state index contributed by atoms with van der Waals surface area (Å²) in [6, 6.07) is 0. The Hall–Kier alpha value is -1.10. The van der Waals surface area contributed by atoms with Crippen molar-refractivity contribution in [2.75, 3.05) is 13.6 Å². The van der Waals surface area contributed by atoms with Crippen molar-refractivity contribution in [2.24, 2.45) is 16.1 Å². The molecule has 0 bridgehead atoms. The Bertz CT molecular complexity index is 290. The van der Waals surface area contributed by atoms with E-state index in [0.717, 1.165) is 6.20 Å². The molecule has 4 nitrogen and oxygen atoms in total. The molecule has 4 N–H and O–H groups in total. The van der Waals surface area contributed by atoms with Crippen LogP contribution in [0.25, 0.3) is 0 Å². The lowest BCUT2D eigenvalue weighted by Gasteiger charge is -2.37. The first-order chi connectivity index (χ1) is 7.15. The number of nitrogens with one attached hydrogen (secondary N) is 1. The van der Waals surface area contributed by atoms with Gasteiger partial charge in [0.15, 0.2) is 0 Å². The summed E-state index contributed by atoms with van der Waals surface area (Å²) < 4.78 is 13.1. The van der Waals surface area contributed by atoms with E-state index in [0.29, 0.717) is 6.54 Å². The van der Waals surface area contributed by atoms with Crippen molar-refractivity contribution in [3.63, 3.8) is 0 Å². The van der Waals surface area contributed by atoms with Crippen LogP contribution >= 0.6 is 0 Å². The van der Waals surface area contributed by atoms with E-state index < -0.39 is 17.0 Å². The summed E-state index contributed by atoms with van der Waals surface area (Å²) in [7, 11) is 1.35. The third-order valence-corrected chi connectivity index (χ3v) is 2.96. The highest BCUT2D eigenvalue weighted by Gasteiger charge is 2.34. The predicted molar refractivity (Wildman–Crippen MR) is 64.8 cm³/mol. The number of aliphatic hydroxyl groups is 1. The normalized spacial score (nSPS) is 15.2. The molecule has 0 spiro atoms. The van der Waals surface area contributed by atoms with Crippen molar-refractivity contribution in [1.82, 2.24) is 5.32 Å². The van der Waals surface area contributed by atoms with Crippen LogP contribution in [0, 0.1) is 5.41 Å². The molecule has 0 unspecified atom stereocenters. The van der Waals surface area contributed by atoms with Gasteiger partial charge in [-0.05, 0) is 13.8 Å².